The van der Waals surface area contributed by atoms with Crippen molar-refractivity contribution in [2.45, 2.75) is 18.6 Å². The summed E-state index contributed by atoms with van der Waals surface area (Å²) in [4.78, 5) is 3.65. The number of hydrogen-bond acceptors (Lipinski definition) is 2. The summed E-state index contributed by atoms with van der Waals surface area (Å²) >= 11 is 0. The highest BCUT2D eigenvalue weighted by Gasteiger charge is 2.11. The van der Waals surface area contributed by atoms with E-state index in [0.29, 0.717) is 0 Å². The molecular weight excluding hydrogens is 206 g/mol. The fourth-order valence-corrected chi connectivity index (χ4v) is 1.54. The first-order chi connectivity index (χ1) is 6.52. The van der Waals surface area contributed by atoms with E-state index in [4.69, 9.17) is 4.78 Å². The number of aromatic nitrogens is 1. The first kappa shape index (κ1) is 11.2. The molecule has 0 fully saturated rings. The molecule has 1 rings (SSSR count). The molecule has 5 heteroatoms. The maximum Gasteiger partial charge on any atom is 0.280 e. The van der Waals surface area contributed by atoms with Crippen molar-refractivity contribution in [2.24, 2.45) is 0 Å². The van der Waals surface area contributed by atoms with E-state index in [9.17, 15) is 8.78 Å². The molecule has 0 saturated carbocycles. The van der Waals surface area contributed by atoms with Crippen LogP contribution in [0.15, 0.2) is 18.3 Å². The van der Waals surface area contributed by atoms with E-state index in [2.05, 4.69) is 4.98 Å². The highest BCUT2D eigenvalue weighted by Crippen LogP contribution is 2.21. The number of pyridine rings is 1. The number of alkyl halides is 2. The van der Waals surface area contributed by atoms with Crippen LogP contribution in [0.2, 0.25) is 0 Å². The standard InChI is InChI=1S/C9H12F2N2S/c1-6(14(2)12)7-3-4-8(9(10)11)13-5-7/h3-6,9,12H,1-2H3. The molecule has 0 radical (unpaired) electrons. The first-order valence-corrected chi connectivity index (χ1v) is 5.82. The average Bonchev–Trinajstić information content (AvgIpc) is 2.16. The van der Waals surface area contributed by atoms with Crippen LogP contribution in [-0.2, 0) is 10.7 Å². The van der Waals surface area contributed by atoms with E-state index in [1.54, 1.807) is 12.3 Å². The number of hydrogen-bond donors (Lipinski definition) is 1. The Bertz CT molecular complexity index is 324. The molecule has 1 aromatic rings. The van der Waals surface area contributed by atoms with Crippen molar-refractivity contribution < 1.29 is 8.78 Å². The van der Waals surface area contributed by atoms with Gasteiger partial charge in [-0.05, 0) is 24.8 Å². The van der Waals surface area contributed by atoms with Crippen molar-refractivity contribution in [1.82, 2.24) is 4.98 Å². The van der Waals surface area contributed by atoms with Gasteiger partial charge in [-0.1, -0.05) is 6.07 Å². The van der Waals surface area contributed by atoms with Gasteiger partial charge in [-0.2, -0.15) is 0 Å². The second kappa shape index (κ2) is 4.59. The van der Waals surface area contributed by atoms with E-state index in [1.807, 2.05) is 6.92 Å². The lowest BCUT2D eigenvalue weighted by molar-refractivity contribution is 0.146. The number of halogens is 2. The molecule has 0 amide bonds. The fraction of sp³-hybridized carbons (Fsp3) is 0.444. The maximum absolute atomic E-state index is 12.2. The largest absolute Gasteiger partial charge is 0.280 e. The van der Waals surface area contributed by atoms with Crippen molar-refractivity contribution in [2.75, 3.05) is 6.26 Å². The predicted molar refractivity (Wildman–Crippen MR) is 53.6 cm³/mol. The van der Waals surface area contributed by atoms with Crippen LogP contribution in [-0.4, -0.2) is 11.2 Å². The molecule has 78 valence electrons. The quantitative estimate of drug-likeness (QED) is 0.831. The van der Waals surface area contributed by atoms with E-state index >= 15 is 0 Å². The van der Waals surface area contributed by atoms with Crippen LogP contribution in [0.1, 0.15) is 29.9 Å². The van der Waals surface area contributed by atoms with Gasteiger partial charge in [0.15, 0.2) is 0 Å². The summed E-state index contributed by atoms with van der Waals surface area (Å²) in [6.45, 7) is 1.90. The molecule has 0 spiro atoms. The van der Waals surface area contributed by atoms with Crippen LogP contribution in [0.25, 0.3) is 0 Å². The maximum atomic E-state index is 12.2. The zero-order valence-electron chi connectivity index (χ0n) is 8.00. The van der Waals surface area contributed by atoms with Crippen LogP contribution < -0.4 is 0 Å². The molecule has 0 aromatic carbocycles. The minimum Gasteiger partial charge on any atom is -0.280 e. The summed E-state index contributed by atoms with van der Waals surface area (Å²) in [6, 6.07) is 2.94. The van der Waals surface area contributed by atoms with E-state index < -0.39 is 17.1 Å². The summed E-state index contributed by atoms with van der Waals surface area (Å²) in [5, 5.41) is 0.0502. The Morgan fingerprint density at radius 1 is 1.43 bits per heavy atom. The van der Waals surface area contributed by atoms with Gasteiger partial charge < -0.3 is 0 Å². The van der Waals surface area contributed by atoms with Gasteiger partial charge in [0.1, 0.15) is 5.69 Å². The summed E-state index contributed by atoms with van der Waals surface area (Å²) in [5.74, 6) is 0. The van der Waals surface area contributed by atoms with Crippen LogP contribution >= 0.6 is 0 Å². The zero-order valence-corrected chi connectivity index (χ0v) is 8.81. The van der Waals surface area contributed by atoms with Crippen molar-refractivity contribution in [3.8, 4) is 0 Å². The molecule has 1 aromatic heterocycles. The molecule has 0 saturated heterocycles. The lowest BCUT2D eigenvalue weighted by Gasteiger charge is -2.10. The number of nitrogens with one attached hydrogen (secondary N) is 1. The topological polar surface area (TPSA) is 36.7 Å². The number of rotatable bonds is 3. The van der Waals surface area contributed by atoms with Gasteiger partial charge in [0, 0.05) is 11.4 Å². The molecule has 14 heavy (non-hydrogen) atoms. The van der Waals surface area contributed by atoms with Crippen LogP contribution in [0.3, 0.4) is 0 Å². The Balaban J connectivity index is 2.88. The van der Waals surface area contributed by atoms with Gasteiger partial charge >= 0.3 is 0 Å². The smallest absolute Gasteiger partial charge is 0.280 e. The summed E-state index contributed by atoms with van der Waals surface area (Å²) in [7, 11) is -0.506. The van der Waals surface area contributed by atoms with Gasteiger partial charge in [-0.25, -0.2) is 8.78 Å². The summed E-state index contributed by atoms with van der Waals surface area (Å²) in [5.41, 5.74) is 0.636. The third kappa shape index (κ3) is 2.57. The highest BCUT2D eigenvalue weighted by molar-refractivity contribution is 7.85. The SMILES string of the molecule is CC(c1ccc(C(F)F)nc1)S(C)=N. The van der Waals surface area contributed by atoms with Crippen molar-refractivity contribution in [1.29, 1.82) is 4.78 Å². The monoisotopic (exact) mass is 218 g/mol. The molecule has 0 aliphatic rings. The highest BCUT2D eigenvalue weighted by atomic mass is 32.2. The Morgan fingerprint density at radius 2 is 2.07 bits per heavy atom. The minimum absolute atomic E-state index is 0.0502. The minimum atomic E-state index is -2.52. The normalized spacial score (nSPS) is 15.5. The lowest BCUT2D eigenvalue weighted by atomic mass is 10.2. The van der Waals surface area contributed by atoms with Gasteiger partial charge in [-0.3, -0.25) is 9.76 Å². The fourth-order valence-electron chi connectivity index (χ4n) is 0.990. The van der Waals surface area contributed by atoms with Crippen LogP contribution in [0.4, 0.5) is 8.78 Å². The van der Waals surface area contributed by atoms with Crippen LogP contribution in [0, 0.1) is 4.78 Å². The second-order valence-electron chi connectivity index (χ2n) is 3.02. The predicted octanol–water partition coefficient (Wildman–Crippen LogP) is 3.09. The Morgan fingerprint density at radius 3 is 2.43 bits per heavy atom. The van der Waals surface area contributed by atoms with E-state index in [-0.39, 0.29) is 10.9 Å². The average molecular weight is 218 g/mol. The zero-order chi connectivity index (χ0) is 10.7. The Kier molecular flexibility index (Phi) is 3.69. The number of nitrogens with zero attached hydrogens (tertiary/aromatic N) is 1. The summed E-state index contributed by atoms with van der Waals surface area (Å²) < 4.78 is 31.8. The Hall–Kier alpha value is -0.840. The molecule has 1 N–H and O–H groups in total. The van der Waals surface area contributed by atoms with Crippen molar-refractivity contribution >= 4 is 10.7 Å². The van der Waals surface area contributed by atoms with E-state index in [1.165, 1.54) is 12.3 Å². The van der Waals surface area contributed by atoms with Crippen LogP contribution in [0.5, 0.6) is 0 Å². The van der Waals surface area contributed by atoms with Gasteiger partial charge in [0.05, 0.1) is 0 Å². The third-order valence-electron chi connectivity index (χ3n) is 2.03. The molecule has 2 atom stereocenters. The third-order valence-corrected chi connectivity index (χ3v) is 3.37. The molecule has 1 heterocycles. The van der Waals surface area contributed by atoms with Gasteiger partial charge in [0.2, 0.25) is 0 Å². The molecule has 2 unspecified atom stereocenters. The lowest BCUT2D eigenvalue weighted by Crippen LogP contribution is -2.00. The molecule has 0 bridgehead atoms. The molecular formula is C9H12F2N2S. The van der Waals surface area contributed by atoms with Gasteiger partial charge in [0.25, 0.3) is 6.43 Å². The molecule has 2 nitrogen and oxygen atoms in total. The van der Waals surface area contributed by atoms with E-state index in [0.717, 1.165) is 5.56 Å². The summed E-state index contributed by atoms with van der Waals surface area (Å²) in [6.07, 6.45) is 0.714. The van der Waals surface area contributed by atoms with Gasteiger partial charge in [-0.15, -0.1) is 10.7 Å². The second-order valence-corrected chi connectivity index (χ2v) is 4.84. The molecule has 0 aliphatic heterocycles. The van der Waals surface area contributed by atoms with Crippen molar-refractivity contribution in [3.05, 3.63) is 29.6 Å². The molecule has 0 aliphatic carbocycles. The first-order valence-electron chi connectivity index (χ1n) is 4.12. The van der Waals surface area contributed by atoms with Crippen molar-refractivity contribution in [3.63, 3.8) is 0 Å². The Labute approximate surface area is 84.3 Å².